The summed E-state index contributed by atoms with van der Waals surface area (Å²) in [5.74, 6) is 3.49. The first-order valence-corrected chi connectivity index (χ1v) is 12.6. The first-order valence-electron chi connectivity index (χ1n) is 11.3. The summed E-state index contributed by atoms with van der Waals surface area (Å²) < 4.78 is 17.2. The molecule has 1 aromatic carbocycles. The molecule has 0 amide bonds. The second-order valence-electron chi connectivity index (χ2n) is 7.99. The summed E-state index contributed by atoms with van der Waals surface area (Å²) in [6.07, 6.45) is 14.3. The van der Waals surface area contributed by atoms with Crippen LogP contribution in [0.3, 0.4) is 0 Å². The van der Waals surface area contributed by atoms with Gasteiger partial charge in [-0.2, -0.15) is 0 Å². The molecule has 0 bridgehead atoms. The second kappa shape index (κ2) is 11.7. The molecule has 0 saturated carbocycles. The highest BCUT2D eigenvalue weighted by Gasteiger charge is 2.22. The van der Waals surface area contributed by atoms with Crippen molar-refractivity contribution in [1.82, 2.24) is 9.80 Å². The molecule has 1 fully saturated rings. The zero-order valence-corrected chi connectivity index (χ0v) is 20.2. The van der Waals surface area contributed by atoms with Crippen LogP contribution in [0.15, 0.2) is 71.1 Å². The number of methoxy groups -OCH3 is 1. The van der Waals surface area contributed by atoms with E-state index in [4.69, 9.17) is 25.8 Å². The van der Waals surface area contributed by atoms with E-state index in [1.165, 1.54) is 18.4 Å². The maximum atomic E-state index is 6.20. The van der Waals surface area contributed by atoms with Crippen molar-refractivity contribution in [3.05, 3.63) is 71.2 Å². The zero-order chi connectivity index (χ0) is 22.2. The zero-order valence-electron chi connectivity index (χ0n) is 18.6. The van der Waals surface area contributed by atoms with Crippen LogP contribution < -0.4 is 4.74 Å². The van der Waals surface area contributed by atoms with Gasteiger partial charge in [0.05, 0.1) is 17.0 Å². The highest BCUT2D eigenvalue weighted by atomic mass is 35.5. The summed E-state index contributed by atoms with van der Waals surface area (Å²) in [6, 6.07) is 5.91. The standard InChI is InChI=1S/C25H31ClN2O3S/c1-29-25-21(26)10-7-11-23(25)32-17-6-5-12-27-13-15-28(16-14-27)24-19-30-22(18-31-24)20-8-3-2-4-9-20/h2-3,7-8,10-11,18-19H,4-6,9,12-17H2,1H3. The Hall–Kier alpha value is -2.02. The van der Waals surface area contributed by atoms with E-state index >= 15 is 0 Å². The Bertz CT molecular complexity index is 904. The smallest absolute Gasteiger partial charge is 0.231 e. The molecular weight excluding hydrogens is 444 g/mol. The van der Waals surface area contributed by atoms with E-state index in [1.807, 2.05) is 23.9 Å². The summed E-state index contributed by atoms with van der Waals surface area (Å²) in [7, 11) is 1.67. The van der Waals surface area contributed by atoms with Crippen molar-refractivity contribution in [2.24, 2.45) is 0 Å². The van der Waals surface area contributed by atoms with Gasteiger partial charge in [-0.1, -0.05) is 35.9 Å². The van der Waals surface area contributed by atoms with Gasteiger partial charge in [0.2, 0.25) is 5.88 Å². The Labute approximate surface area is 200 Å². The third-order valence-electron chi connectivity index (χ3n) is 5.85. The third kappa shape index (κ3) is 6.06. The van der Waals surface area contributed by atoms with E-state index in [0.717, 1.165) is 73.6 Å². The van der Waals surface area contributed by atoms with Crippen LogP contribution in [0.5, 0.6) is 5.75 Å². The summed E-state index contributed by atoms with van der Waals surface area (Å²) in [5, 5.41) is 0.674. The van der Waals surface area contributed by atoms with Crippen molar-refractivity contribution < 1.29 is 14.2 Å². The van der Waals surface area contributed by atoms with Crippen LogP contribution in [0.25, 0.3) is 0 Å². The van der Waals surface area contributed by atoms with Gasteiger partial charge in [0.25, 0.3) is 0 Å². The molecule has 5 nitrogen and oxygen atoms in total. The monoisotopic (exact) mass is 474 g/mol. The molecule has 0 aromatic heterocycles. The molecule has 0 N–H and O–H groups in total. The molecule has 0 atom stereocenters. The quantitative estimate of drug-likeness (QED) is 0.332. The number of nitrogens with zero attached hydrogens (tertiary/aromatic N) is 2. The van der Waals surface area contributed by atoms with Gasteiger partial charge in [0.1, 0.15) is 6.26 Å². The molecule has 2 aliphatic heterocycles. The molecule has 2 heterocycles. The van der Waals surface area contributed by atoms with Crippen molar-refractivity contribution in [3.8, 4) is 5.75 Å². The summed E-state index contributed by atoms with van der Waals surface area (Å²) in [5.41, 5.74) is 1.19. The highest BCUT2D eigenvalue weighted by Crippen LogP contribution is 2.35. The highest BCUT2D eigenvalue weighted by molar-refractivity contribution is 7.99. The molecule has 0 spiro atoms. The predicted molar refractivity (Wildman–Crippen MR) is 131 cm³/mol. The average molecular weight is 475 g/mol. The molecule has 4 rings (SSSR count). The summed E-state index contributed by atoms with van der Waals surface area (Å²) >= 11 is 8.02. The molecular formula is C25H31ClN2O3S. The van der Waals surface area contributed by atoms with Crippen LogP contribution in [0.4, 0.5) is 0 Å². The average Bonchev–Trinajstić information content (AvgIpc) is 2.85. The van der Waals surface area contributed by atoms with E-state index in [-0.39, 0.29) is 0 Å². The largest absolute Gasteiger partial charge is 0.494 e. The Morgan fingerprint density at radius 3 is 2.69 bits per heavy atom. The number of para-hydroxylation sites is 1. The number of hydrogen-bond acceptors (Lipinski definition) is 6. The fourth-order valence-corrected chi connectivity index (χ4v) is 5.38. The van der Waals surface area contributed by atoms with Crippen LogP contribution in [0.1, 0.15) is 25.7 Å². The summed E-state index contributed by atoms with van der Waals surface area (Å²) in [4.78, 5) is 5.91. The number of hydrogen-bond donors (Lipinski definition) is 0. The van der Waals surface area contributed by atoms with Gasteiger partial charge in [0, 0.05) is 26.2 Å². The van der Waals surface area contributed by atoms with Crippen LogP contribution in [0, 0.1) is 0 Å². The van der Waals surface area contributed by atoms with Crippen molar-refractivity contribution in [2.45, 2.75) is 30.6 Å². The molecule has 32 heavy (non-hydrogen) atoms. The number of halogens is 1. The second-order valence-corrected chi connectivity index (χ2v) is 9.53. The molecule has 0 unspecified atom stereocenters. The Morgan fingerprint density at radius 1 is 1.09 bits per heavy atom. The maximum Gasteiger partial charge on any atom is 0.231 e. The lowest BCUT2D eigenvalue weighted by Crippen LogP contribution is -2.46. The lowest BCUT2D eigenvalue weighted by Gasteiger charge is -2.36. The number of unbranched alkanes of at least 4 members (excludes halogenated alkanes) is 1. The minimum atomic E-state index is 0.674. The minimum Gasteiger partial charge on any atom is -0.494 e. The Morgan fingerprint density at radius 2 is 1.97 bits per heavy atom. The number of thioether (sulfide) groups is 1. The van der Waals surface area contributed by atoms with Gasteiger partial charge in [-0.3, -0.25) is 4.90 Å². The Balaban J connectivity index is 1.13. The molecule has 0 radical (unpaired) electrons. The molecule has 1 aliphatic carbocycles. The lowest BCUT2D eigenvalue weighted by molar-refractivity contribution is 0.0841. The minimum absolute atomic E-state index is 0.674. The SMILES string of the molecule is COc1c(Cl)cccc1SCCCCN1CCN(C2=COC(C3=CC=CCC3)=CO2)CC1. The third-order valence-corrected chi connectivity index (χ3v) is 7.27. The Kier molecular flexibility index (Phi) is 8.49. The number of piperazine rings is 1. The van der Waals surface area contributed by atoms with Gasteiger partial charge in [0.15, 0.2) is 17.8 Å². The van der Waals surface area contributed by atoms with E-state index in [9.17, 15) is 0 Å². The van der Waals surface area contributed by atoms with Crippen molar-refractivity contribution in [3.63, 3.8) is 0 Å². The number of ether oxygens (including phenoxy) is 3. The fraction of sp³-hybridized carbons (Fsp3) is 0.440. The van der Waals surface area contributed by atoms with E-state index < -0.39 is 0 Å². The van der Waals surface area contributed by atoms with Gasteiger partial charge in [-0.25, -0.2) is 0 Å². The van der Waals surface area contributed by atoms with Gasteiger partial charge in [-0.15, -0.1) is 11.8 Å². The van der Waals surface area contributed by atoms with Crippen molar-refractivity contribution >= 4 is 23.4 Å². The van der Waals surface area contributed by atoms with Crippen molar-refractivity contribution in [2.75, 3.05) is 45.6 Å². The van der Waals surface area contributed by atoms with Crippen LogP contribution in [0.2, 0.25) is 5.02 Å². The molecule has 3 aliphatic rings. The predicted octanol–water partition coefficient (Wildman–Crippen LogP) is 5.80. The summed E-state index contributed by atoms with van der Waals surface area (Å²) in [6.45, 7) is 5.13. The number of rotatable bonds is 9. The molecule has 7 heteroatoms. The van der Waals surface area contributed by atoms with Gasteiger partial charge in [-0.05, 0) is 55.7 Å². The van der Waals surface area contributed by atoms with Crippen LogP contribution in [-0.4, -0.2) is 55.4 Å². The first-order chi connectivity index (χ1) is 15.7. The van der Waals surface area contributed by atoms with Crippen molar-refractivity contribution in [1.29, 1.82) is 0 Å². The normalized spacial score (nSPS) is 18.9. The fourth-order valence-electron chi connectivity index (χ4n) is 4.00. The molecule has 172 valence electrons. The van der Waals surface area contributed by atoms with E-state index in [0.29, 0.717) is 5.02 Å². The first kappa shape index (κ1) is 23.1. The van der Waals surface area contributed by atoms with Crippen LogP contribution in [-0.2, 0) is 9.47 Å². The van der Waals surface area contributed by atoms with E-state index in [2.05, 4.69) is 34.1 Å². The van der Waals surface area contributed by atoms with Crippen LogP contribution >= 0.6 is 23.4 Å². The molecule has 1 saturated heterocycles. The number of benzene rings is 1. The molecule has 1 aromatic rings. The van der Waals surface area contributed by atoms with Gasteiger partial charge < -0.3 is 19.1 Å². The van der Waals surface area contributed by atoms with E-state index in [1.54, 1.807) is 19.6 Å². The van der Waals surface area contributed by atoms with Gasteiger partial charge >= 0.3 is 0 Å². The number of allylic oxidation sites excluding steroid dienone is 4. The lowest BCUT2D eigenvalue weighted by atomic mass is 10.0. The maximum absolute atomic E-state index is 6.20. The topological polar surface area (TPSA) is 34.2 Å².